The highest BCUT2D eigenvalue weighted by atomic mass is 16.5. The van der Waals surface area contributed by atoms with Gasteiger partial charge in [0.05, 0.1) is 13.2 Å². The number of hydrogen-bond donors (Lipinski definition) is 0. The molecule has 2 heterocycles. The SMILES string of the molecule is CC(=O)N(CCC(=O)N1CCOCC1)Cc1ccncc1. The first-order valence-electron chi connectivity index (χ1n) is 7.17. The van der Waals surface area contributed by atoms with Gasteiger partial charge in [-0.05, 0) is 17.7 Å². The summed E-state index contributed by atoms with van der Waals surface area (Å²) in [6.07, 6.45) is 3.75. The Kier molecular flexibility index (Phi) is 5.68. The number of morpholine rings is 1. The molecule has 21 heavy (non-hydrogen) atoms. The Hall–Kier alpha value is -1.95. The van der Waals surface area contributed by atoms with Crippen LogP contribution < -0.4 is 0 Å². The summed E-state index contributed by atoms with van der Waals surface area (Å²) >= 11 is 0. The molecule has 1 saturated heterocycles. The van der Waals surface area contributed by atoms with Gasteiger partial charge in [-0.2, -0.15) is 0 Å². The molecule has 6 heteroatoms. The lowest BCUT2D eigenvalue weighted by Crippen LogP contribution is -2.42. The van der Waals surface area contributed by atoms with E-state index < -0.39 is 0 Å². The van der Waals surface area contributed by atoms with Crippen LogP contribution in [-0.2, 0) is 20.9 Å². The number of carbonyl (C=O) groups excluding carboxylic acids is 2. The van der Waals surface area contributed by atoms with Gasteiger partial charge < -0.3 is 14.5 Å². The average Bonchev–Trinajstić information content (AvgIpc) is 2.52. The van der Waals surface area contributed by atoms with Crippen molar-refractivity contribution in [1.29, 1.82) is 0 Å². The van der Waals surface area contributed by atoms with E-state index in [0.717, 1.165) is 5.56 Å². The summed E-state index contributed by atoms with van der Waals surface area (Å²) < 4.78 is 5.23. The first kappa shape index (κ1) is 15.4. The van der Waals surface area contributed by atoms with Crippen LogP contribution in [0.3, 0.4) is 0 Å². The van der Waals surface area contributed by atoms with Gasteiger partial charge in [-0.15, -0.1) is 0 Å². The van der Waals surface area contributed by atoms with E-state index in [1.807, 2.05) is 12.1 Å². The van der Waals surface area contributed by atoms with E-state index in [0.29, 0.717) is 45.8 Å². The van der Waals surface area contributed by atoms with Crippen molar-refractivity contribution in [1.82, 2.24) is 14.8 Å². The summed E-state index contributed by atoms with van der Waals surface area (Å²) in [6, 6.07) is 3.75. The van der Waals surface area contributed by atoms with Crippen LogP contribution in [-0.4, -0.2) is 59.4 Å². The van der Waals surface area contributed by atoms with Crippen LogP contribution in [0, 0.1) is 0 Å². The number of rotatable bonds is 5. The fraction of sp³-hybridized carbons (Fsp3) is 0.533. The van der Waals surface area contributed by atoms with E-state index in [9.17, 15) is 9.59 Å². The minimum Gasteiger partial charge on any atom is -0.378 e. The van der Waals surface area contributed by atoms with E-state index in [1.54, 1.807) is 22.2 Å². The third-order valence-electron chi connectivity index (χ3n) is 3.53. The molecule has 0 N–H and O–H groups in total. The Morgan fingerprint density at radius 2 is 1.95 bits per heavy atom. The average molecular weight is 291 g/mol. The van der Waals surface area contributed by atoms with Crippen molar-refractivity contribution in [2.45, 2.75) is 19.9 Å². The lowest BCUT2D eigenvalue weighted by atomic mass is 10.2. The lowest BCUT2D eigenvalue weighted by Gasteiger charge is -2.28. The van der Waals surface area contributed by atoms with E-state index >= 15 is 0 Å². The Morgan fingerprint density at radius 3 is 2.57 bits per heavy atom. The molecular formula is C15H21N3O3. The molecule has 0 bridgehead atoms. The molecule has 0 aliphatic carbocycles. The molecule has 1 aliphatic heterocycles. The first-order valence-corrected chi connectivity index (χ1v) is 7.17. The number of carbonyl (C=O) groups is 2. The van der Waals surface area contributed by atoms with Gasteiger partial charge in [0.15, 0.2) is 0 Å². The standard InChI is InChI=1S/C15H21N3O3/c1-13(19)18(12-14-2-5-16-6-3-14)7-4-15(20)17-8-10-21-11-9-17/h2-3,5-6H,4,7-12H2,1H3. The maximum Gasteiger partial charge on any atom is 0.224 e. The van der Waals surface area contributed by atoms with Crippen LogP contribution >= 0.6 is 0 Å². The van der Waals surface area contributed by atoms with Crippen molar-refractivity contribution >= 4 is 11.8 Å². The summed E-state index contributed by atoms with van der Waals surface area (Å²) in [5, 5.41) is 0. The molecular weight excluding hydrogens is 270 g/mol. The molecule has 2 amide bonds. The lowest BCUT2D eigenvalue weighted by molar-refractivity contribution is -0.136. The van der Waals surface area contributed by atoms with Crippen LogP contribution in [0.5, 0.6) is 0 Å². The largest absolute Gasteiger partial charge is 0.378 e. The molecule has 6 nitrogen and oxygen atoms in total. The van der Waals surface area contributed by atoms with E-state index in [2.05, 4.69) is 4.98 Å². The molecule has 0 unspecified atom stereocenters. The first-order chi connectivity index (χ1) is 10.2. The summed E-state index contributed by atoms with van der Waals surface area (Å²) in [5.74, 6) is 0.0564. The van der Waals surface area contributed by atoms with Gasteiger partial charge in [-0.3, -0.25) is 14.6 Å². The fourth-order valence-electron chi connectivity index (χ4n) is 2.26. The highest BCUT2D eigenvalue weighted by molar-refractivity contribution is 5.78. The molecule has 0 spiro atoms. The zero-order valence-electron chi connectivity index (χ0n) is 12.3. The van der Waals surface area contributed by atoms with Crippen molar-refractivity contribution in [2.24, 2.45) is 0 Å². The molecule has 1 aromatic heterocycles. The third kappa shape index (κ3) is 4.82. The van der Waals surface area contributed by atoms with E-state index in [1.165, 1.54) is 6.92 Å². The summed E-state index contributed by atoms with van der Waals surface area (Å²) in [4.78, 5) is 31.2. The summed E-state index contributed by atoms with van der Waals surface area (Å²) in [6.45, 7) is 4.95. The van der Waals surface area contributed by atoms with E-state index in [-0.39, 0.29) is 11.8 Å². The number of amides is 2. The zero-order valence-corrected chi connectivity index (χ0v) is 12.3. The van der Waals surface area contributed by atoms with Gasteiger partial charge in [0, 0.05) is 51.9 Å². The Labute approximate surface area is 124 Å². The number of pyridine rings is 1. The smallest absolute Gasteiger partial charge is 0.224 e. The highest BCUT2D eigenvalue weighted by Crippen LogP contribution is 2.06. The number of nitrogens with zero attached hydrogens (tertiary/aromatic N) is 3. The minimum absolute atomic E-state index is 0.0263. The molecule has 2 rings (SSSR count). The van der Waals surface area contributed by atoms with Crippen LogP contribution in [0.15, 0.2) is 24.5 Å². The number of aromatic nitrogens is 1. The second-order valence-corrected chi connectivity index (χ2v) is 5.04. The minimum atomic E-state index is -0.0263. The quantitative estimate of drug-likeness (QED) is 0.800. The Bertz CT molecular complexity index is 472. The van der Waals surface area contributed by atoms with Gasteiger partial charge >= 0.3 is 0 Å². The van der Waals surface area contributed by atoms with Gasteiger partial charge in [-0.1, -0.05) is 0 Å². The summed E-state index contributed by atoms with van der Waals surface area (Å²) in [7, 11) is 0. The fourth-order valence-corrected chi connectivity index (χ4v) is 2.26. The normalized spacial score (nSPS) is 14.8. The molecule has 1 aromatic rings. The molecule has 1 fully saturated rings. The van der Waals surface area contributed by atoms with Gasteiger partial charge in [0.25, 0.3) is 0 Å². The monoisotopic (exact) mass is 291 g/mol. The van der Waals surface area contributed by atoms with Crippen molar-refractivity contribution in [3.05, 3.63) is 30.1 Å². The Balaban J connectivity index is 1.85. The number of ether oxygens (including phenoxy) is 1. The van der Waals surface area contributed by atoms with E-state index in [4.69, 9.17) is 4.74 Å². The molecule has 114 valence electrons. The maximum absolute atomic E-state index is 12.1. The third-order valence-corrected chi connectivity index (χ3v) is 3.53. The molecule has 1 aliphatic rings. The molecule has 0 aromatic carbocycles. The second kappa shape index (κ2) is 7.73. The predicted molar refractivity (Wildman–Crippen MR) is 77.3 cm³/mol. The van der Waals surface area contributed by atoms with Crippen LogP contribution in [0.2, 0.25) is 0 Å². The van der Waals surface area contributed by atoms with Crippen molar-refractivity contribution in [3.63, 3.8) is 0 Å². The van der Waals surface area contributed by atoms with Crippen LogP contribution in [0.1, 0.15) is 18.9 Å². The molecule has 0 atom stereocenters. The molecule has 0 saturated carbocycles. The molecule has 0 radical (unpaired) electrons. The summed E-state index contributed by atoms with van der Waals surface area (Å²) in [5.41, 5.74) is 1.01. The van der Waals surface area contributed by atoms with Crippen molar-refractivity contribution in [2.75, 3.05) is 32.8 Å². The number of hydrogen-bond acceptors (Lipinski definition) is 4. The van der Waals surface area contributed by atoms with Crippen molar-refractivity contribution < 1.29 is 14.3 Å². The van der Waals surface area contributed by atoms with Crippen LogP contribution in [0.25, 0.3) is 0 Å². The van der Waals surface area contributed by atoms with Gasteiger partial charge in [0.2, 0.25) is 11.8 Å². The second-order valence-electron chi connectivity index (χ2n) is 5.04. The Morgan fingerprint density at radius 1 is 1.29 bits per heavy atom. The van der Waals surface area contributed by atoms with Gasteiger partial charge in [0.1, 0.15) is 0 Å². The maximum atomic E-state index is 12.1. The highest BCUT2D eigenvalue weighted by Gasteiger charge is 2.18. The van der Waals surface area contributed by atoms with Crippen LogP contribution in [0.4, 0.5) is 0 Å². The predicted octanol–water partition coefficient (Wildman–Crippen LogP) is 0.679. The topological polar surface area (TPSA) is 62.7 Å². The van der Waals surface area contributed by atoms with Gasteiger partial charge in [-0.25, -0.2) is 0 Å². The zero-order chi connectivity index (χ0) is 15.1. The van der Waals surface area contributed by atoms with Crippen molar-refractivity contribution in [3.8, 4) is 0 Å².